The molecular weight excluding hydrogens is 230 g/mol. The summed E-state index contributed by atoms with van der Waals surface area (Å²) < 4.78 is 0. The lowest BCUT2D eigenvalue weighted by atomic mass is 10.1. The van der Waals surface area contributed by atoms with Crippen molar-refractivity contribution in [1.29, 1.82) is 0 Å². The summed E-state index contributed by atoms with van der Waals surface area (Å²) in [5.74, 6) is 0.811. The van der Waals surface area contributed by atoms with Crippen molar-refractivity contribution in [3.05, 3.63) is 16.1 Å². The number of nitrogens with one attached hydrogen (secondary N) is 1. The van der Waals surface area contributed by atoms with E-state index in [2.05, 4.69) is 29.0 Å². The molecule has 4 heteroatoms. The highest BCUT2D eigenvalue weighted by molar-refractivity contribution is 7.11. The molecule has 1 aliphatic heterocycles. The van der Waals surface area contributed by atoms with E-state index < -0.39 is 0 Å². The summed E-state index contributed by atoms with van der Waals surface area (Å²) in [5.41, 5.74) is 0. The van der Waals surface area contributed by atoms with Crippen LogP contribution in [0.25, 0.3) is 0 Å². The van der Waals surface area contributed by atoms with Crippen LogP contribution in [0.5, 0.6) is 0 Å². The Morgan fingerprint density at radius 2 is 2.41 bits per heavy atom. The maximum absolute atomic E-state index is 4.53. The molecule has 0 bridgehead atoms. The van der Waals surface area contributed by atoms with Crippen LogP contribution in [0.3, 0.4) is 0 Å². The van der Waals surface area contributed by atoms with Gasteiger partial charge in [0.1, 0.15) is 0 Å². The fourth-order valence-electron chi connectivity index (χ4n) is 2.44. The molecule has 1 aromatic rings. The smallest absolute Gasteiger partial charge is 0.0931 e. The summed E-state index contributed by atoms with van der Waals surface area (Å²) in [5, 5.41) is 4.49. The second-order valence-corrected chi connectivity index (χ2v) is 6.40. The molecular formula is C13H23N3S. The molecule has 1 N–H and O–H groups in total. The fourth-order valence-corrected chi connectivity index (χ4v) is 3.49. The monoisotopic (exact) mass is 253 g/mol. The quantitative estimate of drug-likeness (QED) is 0.871. The van der Waals surface area contributed by atoms with E-state index in [0.29, 0.717) is 6.04 Å². The third kappa shape index (κ3) is 3.50. The van der Waals surface area contributed by atoms with E-state index in [4.69, 9.17) is 0 Å². The lowest BCUT2D eigenvalue weighted by Gasteiger charge is -2.19. The van der Waals surface area contributed by atoms with Gasteiger partial charge < -0.3 is 10.2 Å². The number of nitrogens with zero attached hydrogens (tertiary/aromatic N) is 2. The SMILES string of the molecule is CNCc1cnc(CC2CCN(C(C)C)C2)s1. The maximum Gasteiger partial charge on any atom is 0.0931 e. The fraction of sp³-hybridized carbons (Fsp3) is 0.769. The minimum atomic E-state index is 0.691. The molecule has 0 amide bonds. The third-order valence-corrected chi connectivity index (χ3v) is 4.48. The van der Waals surface area contributed by atoms with Gasteiger partial charge in [0.15, 0.2) is 0 Å². The van der Waals surface area contributed by atoms with Gasteiger partial charge >= 0.3 is 0 Å². The van der Waals surface area contributed by atoms with Gasteiger partial charge in [0.05, 0.1) is 5.01 Å². The number of hydrogen-bond donors (Lipinski definition) is 1. The van der Waals surface area contributed by atoms with E-state index in [1.807, 2.05) is 24.6 Å². The molecule has 0 aliphatic carbocycles. The molecule has 96 valence electrons. The van der Waals surface area contributed by atoms with E-state index in [9.17, 15) is 0 Å². The zero-order valence-corrected chi connectivity index (χ0v) is 11.9. The normalized spacial score (nSPS) is 21.5. The van der Waals surface area contributed by atoms with Gasteiger partial charge in [0, 0.05) is 36.6 Å². The largest absolute Gasteiger partial charge is 0.315 e. The van der Waals surface area contributed by atoms with Crippen LogP contribution < -0.4 is 5.32 Å². The Kier molecular flexibility index (Phi) is 4.54. The summed E-state index contributed by atoms with van der Waals surface area (Å²) in [6.07, 6.45) is 4.52. The van der Waals surface area contributed by atoms with Crippen molar-refractivity contribution in [2.45, 2.75) is 39.3 Å². The van der Waals surface area contributed by atoms with Crippen molar-refractivity contribution in [3.63, 3.8) is 0 Å². The highest BCUT2D eigenvalue weighted by Gasteiger charge is 2.24. The highest BCUT2D eigenvalue weighted by atomic mass is 32.1. The van der Waals surface area contributed by atoms with Crippen LogP contribution in [-0.2, 0) is 13.0 Å². The van der Waals surface area contributed by atoms with Crippen molar-refractivity contribution in [1.82, 2.24) is 15.2 Å². The molecule has 1 saturated heterocycles. The Morgan fingerprint density at radius 3 is 3.06 bits per heavy atom. The number of likely N-dealkylation sites (tertiary alicyclic amines) is 1. The van der Waals surface area contributed by atoms with Crippen LogP contribution in [0, 0.1) is 5.92 Å². The second kappa shape index (κ2) is 5.94. The number of aromatic nitrogens is 1. The number of hydrogen-bond acceptors (Lipinski definition) is 4. The Bertz CT molecular complexity index is 348. The molecule has 2 heterocycles. The first-order chi connectivity index (χ1) is 8.19. The average Bonchev–Trinajstić information content (AvgIpc) is 2.89. The van der Waals surface area contributed by atoms with Crippen LogP contribution in [-0.4, -0.2) is 36.1 Å². The average molecular weight is 253 g/mol. The van der Waals surface area contributed by atoms with Gasteiger partial charge in [-0.05, 0) is 39.8 Å². The molecule has 1 fully saturated rings. The minimum Gasteiger partial charge on any atom is -0.315 e. The number of rotatable bonds is 5. The Labute approximate surface area is 108 Å². The lowest BCUT2D eigenvalue weighted by molar-refractivity contribution is 0.265. The van der Waals surface area contributed by atoms with Gasteiger partial charge in [-0.15, -0.1) is 11.3 Å². The van der Waals surface area contributed by atoms with Gasteiger partial charge in [-0.25, -0.2) is 4.98 Å². The molecule has 1 aliphatic rings. The van der Waals surface area contributed by atoms with Crippen molar-refractivity contribution in [3.8, 4) is 0 Å². The van der Waals surface area contributed by atoms with E-state index >= 15 is 0 Å². The molecule has 3 nitrogen and oxygen atoms in total. The lowest BCUT2D eigenvalue weighted by Crippen LogP contribution is -2.28. The first kappa shape index (κ1) is 13.0. The van der Waals surface area contributed by atoms with Crippen molar-refractivity contribution >= 4 is 11.3 Å². The van der Waals surface area contributed by atoms with Crippen LogP contribution in [0.2, 0.25) is 0 Å². The van der Waals surface area contributed by atoms with Gasteiger partial charge in [-0.3, -0.25) is 0 Å². The van der Waals surface area contributed by atoms with Crippen molar-refractivity contribution in [2.75, 3.05) is 20.1 Å². The van der Waals surface area contributed by atoms with E-state index in [-0.39, 0.29) is 0 Å². The van der Waals surface area contributed by atoms with E-state index in [0.717, 1.165) is 18.9 Å². The third-order valence-electron chi connectivity index (χ3n) is 3.46. The predicted octanol–water partition coefficient (Wildman–Crippen LogP) is 2.14. The topological polar surface area (TPSA) is 28.2 Å². The molecule has 17 heavy (non-hydrogen) atoms. The van der Waals surface area contributed by atoms with Crippen LogP contribution >= 0.6 is 11.3 Å². The molecule has 0 radical (unpaired) electrons. The van der Waals surface area contributed by atoms with Crippen molar-refractivity contribution < 1.29 is 0 Å². The summed E-state index contributed by atoms with van der Waals surface area (Å²) in [6, 6.07) is 0.691. The second-order valence-electron chi connectivity index (χ2n) is 5.20. The van der Waals surface area contributed by atoms with Crippen LogP contribution in [0.15, 0.2) is 6.20 Å². The van der Waals surface area contributed by atoms with Gasteiger partial charge in [-0.2, -0.15) is 0 Å². The Hall–Kier alpha value is -0.450. The molecule has 0 spiro atoms. The molecule has 0 aromatic carbocycles. The summed E-state index contributed by atoms with van der Waals surface area (Å²) in [6.45, 7) is 8.03. The maximum atomic E-state index is 4.53. The van der Waals surface area contributed by atoms with Gasteiger partial charge in [-0.1, -0.05) is 0 Å². The highest BCUT2D eigenvalue weighted by Crippen LogP contribution is 2.24. The van der Waals surface area contributed by atoms with Gasteiger partial charge in [0.25, 0.3) is 0 Å². The van der Waals surface area contributed by atoms with Gasteiger partial charge in [0.2, 0.25) is 0 Å². The molecule has 2 rings (SSSR count). The van der Waals surface area contributed by atoms with E-state index in [1.165, 1.54) is 29.4 Å². The molecule has 0 saturated carbocycles. The van der Waals surface area contributed by atoms with Crippen LogP contribution in [0.1, 0.15) is 30.2 Å². The summed E-state index contributed by atoms with van der Waals surface area (Å²) >= 11 is 1.86. The number of thiazole rings is 1. The Morgan fingerprint density at radius 1 is 1.59 bits per heavy atom. The minimum absolute atomic E-state index is 0.691. The van der Waals surface area contributed by atoms with E-state index in [1.54, 1.807) is 0 Å². The first-order valence-electron chi connectivity index (χ1n) is 6.51. The zero-order valence-electron chi connectivity index (χ0n) is 11.1. The standard InChI is InChI=1S/C13H23N3S/c1-10(2)16-5-4-11(9-16)6-13-15-8-12(17-13)7-14-3/h8,10-11,14H,4-7,9H2,1-3H3. The summed E-state index contributed by atoms with van der Waals surface area (Å²) in [4.78, 5) is 8.45. The first-order valence-corrected chi connectivity index (χ1v) is 7.33. The molecule has 1 atom stereocenters. The summed E-state index contributed by atoms with van der Waals surface area (Å²) in [7, 11) is 1.98. The predicted molar refractivity (Wildman–Crippen MR) is 73.4 cm³/mol. The zero-order chi connectivity index (χ0) is 12.3. The van der Waals surface area contributed by atoms with Crippen LogP contribution in [0.4, 0.5) is 0 Å². The Balaban J connectivity index is 1.84. The molecule has 1 aromatic heterocycles. The van der Waals surface area contributed by atoms with Crippen molar-refractivity contribution in [2.24, 2.45) is 5.92 Å². The molecule has 1 unspecified atom stereocenters.